The van der Waals surface area contributed by atoms with Crippen molar-refractivity contribution in [2.24, 2.45) is 23.7 Å². The van der Waals surface area contributed by atoms with Gasteiger partial charge in [-0.15, -0.1) is 0 Å². The molecule has 1 heterocycles. The lowest BCUT2D eigenvalue weighted by Crippen LogP contribution is -2.60. The highest BCUT2D eigenvalue weighted by Gasteiger charge is 2.66. The summed E-state index contributed by atoms with van der Waals surface area (Å²) in [5.41, 5.74) is 3.84. The van der Waals surface area contributed by atoms with E-state index in [1.807, 2.05) is 32.0 Å². The maximum Gasteiger partial charge on any atom is 0.174 e. The van der Waals surface area contributed by atoms with Gasteiger partial charge in [-0.3, -0.25) is 4.79 Å². The fourth-order valence-corrected chi connectivity index (χ4v) is 7.67. The van der Waals surface area contributed by atoms with Crippen LogP contribution in [0.15, 0.2) is 42.5 Å². The van der Waals surface area contributed by atoms with Crippen LogP contribution in [0.4, 0.5) is 0 Å². The van der Waals surface area contributed by atoms with Crippen molar-refractivity contribution in [1.29, 1.82) is 0 Å². The molecular formula is C30H36O3. The molecule has 3 fully saturated rings. The van der Waals surface area contributed by atoms with E-state index in [-0.39, 0.29) is 11.5 Å². The second-order valence-electron chi connectivity index (χ2n) is 10.7. The molecule has 5 aliphatic rings. The van der Waals surface area contributed by atoms with Crippen molar-refractivity contribution in [1.82, 2.24) is 0 Å². The third-order valence-corrected chi connectivity index (χ3v) is 9.11. The normalized spacial score (nSPS) is 32.8. The Morgan fingerprint density at radius 1 is 1.03 bits per heavy atom. The minimum atomic E-state index is -0.286. The quantitative estimate of drug-likeness (QED) is 0.518. The molecule has 0 saturated heterocycles. The van der Waals surface area contributed by atoms with Gasteiger partial charge in [0.25, 0.3) is 0 Å². The molecule has 174 valence electrons. The number of ether oxygens (including phenoxy) is 2. The summed E-state index contributed by atoms with van der Waals surface area (Å²) in [6.45, 7) is 4.52. The highest BCUT2D eigenvalue weighted by Crippen LogP contribution is 2.67. The average molecular weight is 445 g/mol. The highest BCUT2D eigenvalue weighted by molar-refractivity contribution is 5.89. The van der Waals surface area contributed by atoms with Crippen LogP contribution in [-0.4, -0.2) is 11.9 Å². The van der Waals surface area contributed by atoms with Crippen molar-refractivity contribution >= 4 is 5.78 Å². The average Bonchev–Trinajstić information content (AvgIpc) is 3.60. The number of hydrogen-bond donors (Lipinski definition) is 0. The lowest BCUT2D eigenvalue weighted by atomic mass is 9.46. The zero-order valence-corrected chi connectivity index (χ0v) is 20.0. The molecule has 4 aliphatic carbocycles. The topological polar surface area (TPSA) is 35.5 Å². The van der Waals surface area contributed by atoms with Crippen molar-refractivity contribution in [3.05, 3.63) is 59.2 Å². The third kappa shape index (κ3) is 3.26. The van der Waals surface area contributed by atoms with E-state index in [9.17, 15) is 4.79 Å². The molecule has 3 heteroatoms. The number of hydrogen-bond acceptors (Lipinski definition) is 3. The van der Waals surface area contributed by atoms with Crippen molar-refractivity contribution < 1.29 is 14.3 Å². The van der Waals surface area contributed by atoms with Crippen LogP contribution in [0.3, 0.4) is 0 Å². The molecular weight excluding hydrogens is 408 g/mol. The van der Waals surface area contributed by atoms with Crippen LogP contribution in [0.5, 0.6) is 11.5 Å². The van der Waals surface area contributed by atoms with E-state index < -0.39 is 0 Å². The molecule has 0 radical (unpaired) electrons. The molecule has 33 heavy (non-hydrogen) atoms. The van der Waals surface area contributed by atoms with Crippen LogP contribution >= 0.6 is 0 Å². The first-order chi connectivity index (χ1) is 16.2. The van der Waals surface area contributed by atoms with Gasteiger partial charge in [-0.05, 0) is 73.0 Å². The summed E-state index contributed by atoms with van der Waals surface area (Å²) in [6.07, 6.45) is 9.28. The molecule has 2 unspecified atom stereocenters. The Morgan fingerprint density at radius 3 is 2.64 bits per heavy atom. The summed E-state index contributed by atoms with van der Waals surface area (Å²) in [5, 5.41) is 0. The molecule has 2 aromatic carbocycles. The van der Waals surface area contributed by atoms with Crippen LogP contribution < -0.4 is 9.47 Å². The fourth-order valence-electron chi connectivity index (χ4n) is 7.67. The van der Waals surface area contributed by atoms with Gasteiger partial charge in [-0.2, -0.15) is 0 Å². The number of benzene rings is 2. The van der Waals surface area contributed by atoms with E-state index >= 15 is 0 Å². The van der Waals surface area contributed by atoms with Crippen LogP contribution in [0, 0.1) is 23.7 Å². The lowest BCUT2D eigenvalue weighted by molar-refractivity contribution is -0.138. The van der Waals surface area contributed by atoms with Gasteiger partial charge in [0.15, 0.2) is 23.4 Å². The molecule has 5 atom stereocenters. The molecule has 1 aliphatic heterocycles. The summed E-state index contributed by atoms with van der Waals surface area (Å²) < 4.78 is 12.8. The Hall–Kier alpha value is -2.29. The SMILES string of the molecule is CC.O=C1CCC2C3Cc4ccc(OCc5ccccc5)c5c4[C@]2(CC[C@@H]3CC2CC2)[C@@H]1O5. The van der Waals surface area contributed by atoms with Crippen LogP contribution in [0.25, 0.3) is 0 Å². The molecule has 0 aromatic heterocycles. The third-order valence-electron chi connectivity index (χ3n) is 9.11. The van der Waals surface area contributed by atoms with Gasteiger partial charge >= 0.3 is 0 Å². The Kier molecular flexibility index (Phi) is 5.27. The smallest absolute Gasteiger partial charge is 0.174 e. The highest BCUT2D eigenvalue weighted by atomic mass is 16.5. The van der Waals surface area contributed by atoms with E-state index in [1.54, 1.807) is 0 Å². The second kappa shape index (κ2) is 8.18. The van der Waals surface area contributed by atoms with E-state index in [2.05, 4.69) is 24.3 Å². The van der Waals surface area contributed by atoms with Gasteiger partial charge in [0.05, 0.1) is 0 Å². The number of carbonyl (C=O) groups excluding carboxylic acids is 1. The monoisotopic (exact) mass is 444 g/mol. The van der Waals surface area contributed by atoms with Crippen molar-refractivity contribution in [3.63, 3.8) is 0 Å². The number of ketones is 1. The molecule has 0 N–H and O–H groups in total. The minimum Gasteiger partial charge on any atom is -0.485 e. The molecule has 1 spiro atoms. The standard InChI is InChI=1S/C28H30O3.C2H6/c29-23-10-9-22-21-15-20-8-11-24(30-16-18-4-2-1-3-5-18)26-25(20)28(22,27(23)31-26)13-12-19(21)14-17-6-7-17;1-2/h1-5,8,11,17,19,21-22,27H,6-7,9-10,12-16H2;1-2H3/t19-,21?,22?,27-,28-;/m1./s1. The number of Topliss-reactive ketones (excluding diaryl/α,β-unsaturated/α-hetero) is 1. The van der Waals surface area contributed by atoms with Gasteiger partial charge < -0.3 is 9.47 Å². The summed E-state index contributed by atoms with van der Waals surface area (Å²) in [5.74, 6) is 5.16. The molecule has 2 bridgehead atoms. The second-order valence-corrected chi connectivity index (χ2v) is 10.7. The summed E-state index contributed by atoms with van der Waals surface area (Å²) in [6, 6.07) is 14.7. The van der Waals surface area contributed by atoms with Crippen molar-refractivity contribution in [2.45, 2.75) is 83.3 Å². The predicted molar refractivity (Wildman–Crippen MR) is 130 cm³/mol. The lowest BCUT2D eigenvalue weighted by Gasteiger charge is -2.56. The molecule has 3 nitrogen and oxygen atoms in total. The molecule has 7 rings (SSSR count). The molecule has 3 saturated carbocycles. The Morgan fingerprint density at radius 2 is 1.85 bits per heavy atom. The van der Waals surface area contributed by atoms with Gasteiger partial charge in [0.1, 0.15) is 6.61 Å². The fraction of sp³-hybridized carbons (Fsp3) is 0.567. The van der Waals surface area contributed by atoms with Crippen LogP contribution in [0.1, 0.15) is 75.5 Å². The van der Waals surface area contributed by atoms with Gasteiger partial charge in [0.2, 0.25) is 0 Å². The number of carbonyl (C=O) groups is 1. The zero-order valence-electron chi connectivity index (χ0n) is 20.0. The molecule has 2 aromatic rings. The van der Waals surface area contributed by atoms with Crippen LogP contribution in [0.2, 0.25) is 0 Å². The molecule has 0 amide bonds. The van der Waals surface area contributed by atoms with E-state index in [1.165, 1.54) is 36.8 Å². The number of rotatable bonds is 5. The van der Waals surface area contributed by atoms with Crippen molar-refractivity contribution in [3.8, 4) is 11.5 Å². The Bertz CT molecular complexity index is 1040. The van der Waals surface area contributed by atoms with Gasteiger partial charge in [0, 0.05) is 17.4 Å². The summed E-state index contributed by atoms with van der Waals surface area (Å²) in [4.78, 5) is 13.1. The first-order valence-corrected chi connectivity index (χ1v) is 13.3. The minimum absolute atomic E-state index is 0.0882. The summed E-state index contributed by atoms with van der Waals surface area (Å²) in [7, 11) is 0. The maximum atomic E-state index is 13.1. The Labute approximate surface area is 197 Å². The zero-order chi connectivity index (χ0) is 22.6. The van der Waals surface area contributed by atoms with Crippen molar-refractivity contribution in [2.75, 3.05) is 0 Å². The summed E-state index contributed by atoms with van der Waals surface area (Å²) >= 11 is 0. The van der Waals surface area contributed by atoms with E-state index in [4.69, 9.17) is 9.47 Å². The van der Waals surface area contributed by atoms with Gasteiger partial charge in [-0.1, -0.05) is 63.1 Å². The van der Waals surface area contributed by atoms with E-state index in [0.29, 0.717) is 24.7 Å². The first kappa shape index (κ1) is 21.3. The predicted octanol–water partition coefficient (Wildman–Crippen LogP) is 6.65. The van der Waals surface area contributed by atoms with Crippen LogP contribution in [-0.2, 0) is 23.2 Å². The largest absolute Gasteiger partial charge is 0.485 e. The Balaban J connectivity index is 0.00000101. The first-order valence-electron chi connectivity index (χ1n) is 13.3. The maximum absolute atomic E-state index is 13.1. The van der Waals surface area contributed by atoms with E-state index in [0.717, 1.165) is 54.1 Å². The van der Waals surface area contributed by atoms with Gasteiger partial charge in [-0.25, -0.2) is 0 Å².